The van der Waals surface area contributed by atoms with Gasteiger partial charge in [0.05, 0.1) is 0 Å². The fraction of sp³-hybridized carbons (Fsp3) is 0.235. The van der Waals surface area contributed by atoms with Crippen molar-refractivity contribution in [2.75, 3.05) is 6.79 Å². The van der Waals surface area contributed by atoms with Crippen LogP contribution in [0, 0.1) is 0 Å². The monoisotopic (exact) mass is 284 g/mol. The smallest absolute Gasteiger partial charge is 0.231 e. The summed E-state index contributed by atoms with van der Waals surface area (Å²) in [5.41, 5.74) is 0.657. The molecule has 2 aromatic rings. The van der Waals surface area contributed by atoms with E-state index in [-0.39, 0.29) is 12.6 Å². The van der Waals surface area contributed by atoms with E-state index in [2.05, 4.69) is 0 Å². The minimum Gasteiger partial charge on any atom is -0.482 e. The molecule has 0 bridgehead atoms. The van der Waals surface area contributed by atoms with Gasteiger partial charge in [-0.3, -0.25) is 4.79 Å². The molecule has 1 heterocycles. The van der Waals surface area contributed by atoms with Crippen LogP contribution >= 0.6 is 0 Å². The first-order valence-electron chi connectivity index (χ1n) is 6.93. The Morgan fingerprint density at radius 2 is 1.90 bits per heavy atom. The fourth-order valence-electron chi connectivity index (χ4n) is 2.23. The Morgan fingerprint density at radius 3 is 2.67 bits per heavy atom. The van der Waals surface area contributed by atoms with Crippen LogP contribution in [-0.4, -0.2) is 18.7 Å². The summed E-state index contributed by atoms with van der Waals surface area (Å²) in [7, 11) is 0. The number of rotatable bonds is 5. The Morgan fingerprint density at radius 1 is 1.14 bits per heavy atom. The normalized spacial score (nSPS) is 13.8. The zero-order valence-corrected chi connectivity index (χ0v) is 11.7. The first-order chi connectivity index (χ1) is 10.3. The summed E-state index contributed by atoms with van der Waals surface area (Å²) in [6.07, 6.45) is 0.0927. The van der Waals surface area contributed by atoms with E-state index in [9.17, 15) is 4.79 Å². The van der Waals surface area contributed by atoms with E-state index in [1.807, 2.05) is 25.1 Å². The van der Waals surface area contributed by atoms with Gasteiger partial charge in [-0.25, -0.2) is 0 Å². The van der Waals surface area contributed by atoms with Crippen molar-refractivity contribution in [3.8, 4) is 17.2 Å². The summed E-state index contributed by atoms with van der Waals surface area (Å²) >= 11 is 0. The molecule has 1 aliphatic rings. The average Bonchev–Trinajstić information content (AvgIpc) is 3.00. The lowest BCUT2D eigenvalue weighted by Gasteiger charge is -2.16. The number of Topliss-reactive ketones (excluding diaryl/α,β-unsaturated/α-hetero) is 1. The highest BCUT2D eigenvalue weighted by atomic mass is 16.7. The zero-order chi connectivity index (χ0) is 14.7. The minimum atomic E-state index is -0.507. The molecule has 0 N–H and O–H groups in total. The maximum absolute atomic E-state index is 12.4. The molecular formula is C17H16O4. The molecule has 0 saturated carbocycles. The summed E-state index contributed by atoms with van der Waals surface area (Å²) in [5, 5.41) is 0. The summed E-state index contributed by atoms with van der Waals surface area (Å²) in [6.45, 7) is 2.15. The van der Waals surface area contributed by atoms with Crippen molar-refractivity contribution in [1.29, 1.82) is 0 Å². The number of hydrogen-bond donors (Lipinski definition) is 0. The molecule has 0 aromatic heterocycles. The van der Waals surface area contributed by atoms with Crippen LogP contribution in [0.1, 0.15) is 23.7 Å². The quantitative estimate of drug-likeness (QED) is 0.789. The van der Waals surface area contributed by atoms with Gasteiger partial charge in [-0.05, 0) is 18.6 Å². The molecule has 2 aromatic carbocycles. The van der Waals surface area contributed by atoms with Gasteiger partial charge in [0, 0.05) is 11.6 Å². The van der Waals surface area contributed by atoms with Crippen LogP contribution in [0.15, 0.2) is 48.5 Å². The van der Waals surface area contributed by atoms with E-state index >= 15 is 0 Å². The van der Waals surface area contributed by atoms with E-state index in [0.717, 1.165) is 0 Å². The lowest BCUT2D eigenvalue weighted by molar-refractivity contribution is 0.0786. The molecule has 4 nitrogen and oxygen atoms in total. The Kier molecular flexibility index (Phi) is 3.77. The first kappa shape index (κ1) is 13.5. The molecule has 0 saturated heterocycles. The van der Waals surface area contributed by atoms with Crippen LogP contribution in [0.5, 0.6) is 17.2 Å². The molecule has 0 radical (unpaired) electrons. The predicted molar refractivity (Wildman–Crippen MR) is 78.0 cm³/mol. The van der Waals surface area contributed by atoms with Gasteiger partial charge >= 0.3 is 0 Å². The topological polar surface area (TPSA) is 44.8 Å². The average molecular weight is 284 g/mol. The third-order valence-corrected chi connectivity index (χ3v) is 3.34. The van der Waals surface area contributed by atoms with Crippen LogP contribution < -0.4 is 14.2 Å². The third kappa shape index (κ3) is 2.84. The van der Waals surface area contributed by atoms with Crippen LogP contribution in [-0.2, 0) is 0 Å². The number of carbonyl (C=O) groups is 1. The predicted octanol–water partition coefficient (Wildman–Crippen LogP) is 3.46. The lowest BCUT2D eigenvalue weighted by atomic mass is 10.0. The van der Waals surface area contributed by atoms with Gasteiger partial charge in [-0.15, -0.1) is 0 Å². The minimum absolute atomic E-state index is 0.0178. The number of carbonyl (C=O) groups excluding carboxylic acids is 1. The van der Waals surface area contributed by atoms with Gasteiger partial charge in [-0.1, -0.05) is 37.3 Å². The van der Waals surface area contributed by atoms with Crippen LogP contribution in [0.25, 0.3) is 0 Å². The largest absolute Gasteiger partial charge is 0.482 e. The van der Waals surface area contributed by atoms with Crippen LogP contribution in [0.4, 0.5) is 0 Å². The molecular weight excluding hydrogens is 268 g/mol. The molecule has 4 heteroatoms. The van der Waals surface area contributed by atoms with Gasteiger partial charge in [-0.2, -0.15) is 0 Å². The molecule has 0 fully saturated rings. The Hall–Kier alpha value is -2.49. The summed E-state index contributed by atoms with van der Waals surface area (Å²) in [4.78, 5) is 12.4. The van der Waals surface area contributed by atoms with Crippen LogP contribution in [0.3, 0.4) is 0 Å². The van der Waals surface area contributed by atoms with Gasteiger partial charge in [0.2, 0.25) is 12.6 Å². The fourth-order valence-corrected chi connectivity index (χ4v) is 2.23. The van der Waals surface area contributed by atoms with E-state index in [0.29, 0.717) is 29.2 Å². The Labute approximate surface area is 123 Å². The number of ketones is 1. The van der Waals surface area contributed by atoms with Crippen molar-refractivity contribution in [2.45, 2.75) is 19.4 Å². The van der Waals surface area contributed by atoms with E-state index in [1.54, 1.807) is 30.3 Å². The second-order valence-corrected chi connectivity index (χ2v) is 4.76. The van der Waals surface area contributed by atoms with Gasteiger partial charge in [0.1, 0.15) is 5.75 Å². The second-order valence-electron chi connectivity index (χ2n) is 4.76. The van der Waals surface area contributed by atoms with Crippen molar-refractivity contribution in [3.05, 3.63) is 54.1 Å². The number of hydrogen-bond acceptors (Lipinski definition) is 4. The first-order valence-corrected chi connectivity index (χ1v) is 6.93. The molecule has 0 amide bonds. The molecule has 108 valence electrons. The van der Waals surface area contributed by atoms with E-state index in [1.165, 1.54) is 0 Å². The zero-order valence-electron chi connectivity index (χ0n) is 11.7. The number of fused-ring (bicyclic) bond motifs is 1. The van der Waals surface area contributed by atoms with Crippen molar-refractivity contribution in [1.82, 2.24) is 0 Å². The molecule has 3 rings (SSSR count). The van der Waals surface area contributed by atoms with Gasteiger partial charge in [0.25, 0.3) is 0 Å². The molecule has 1 unspecified atom stereocenters. The molecule has 0 spiro atoms. The maximum Gasteiger partial charge on any atom is 0.231 e. The van der Waals surface area contributed by atoms with Gasteiger partial charge in [0.15, 0.2) is 17.6 Å². The second kappa shape index (κ2) is 5.87. The highest BCUT2D eigenvalue weighted by Gasteiger charge is 2.21. The van der Waals surface area contributed by atoms with E-state index < -0.39 is 6.10 Å². The van der Waals surface area contributed by atoms with E-state index in [4.69, 9.17) is 14.2 Å². The maximum atomic E-state index is 12.4. The Bertz CT molecular complexity index is 636. The van der Waals surface area contributed by atoms with Crippen molar-refractivity contribution >= 4 is 5.78 Å². The number of benzene rings is 2. The molecule has 21 heavy (non-hydrogen) atoms. The summed E-state index contributed by atoms with van der Waals surface area (Å²) < 4.78 is 16.4. The SMILES string of the molecule is CCC(Oc1ccc2c(c1)OCO2)C(=O)c1ccccc1. The highest BCUT2D eigenvalue weighted by molar-refractivity contribution is 5.99. The van der Waals surface area contributed by atoms with Crippen molar-refractivity contribution in [2.24, 2.45) is 0 Å². The van der Waals surface area contributed by atoms with Crippen LogP contribution in [0.2, 0.25) is 0 Å². The number of ether oxygens (including phenoxy) is 3. The molecule has 1 aliphatic heterocycles. The highest BCUT2D eigenvalue weighted by Crippen LogP contribution is 2.35. The third-order valence-electron chi connectivity index (χ3n) is 3.34. The standard InChI is InChI=1S/C17H16O4/c1-2-14(17(18)12-6-4-3-5-7-12)21-13-8-9-15-16(10-13)20-11-19-15/h3-10,14H,2,11H2,1H3. The summed E-state index contributed by atoms with van der Waals surface area (Å²) in [5.74, 6) is 1.94. The van der Waals surface area contributed by atoms with Gasteiger partial charge < -0.3 is 14.2 Å². The lowest BCUT2D eigenvalue weighted by Crippen LogP contribution is -2.26. The van der Waals surface area contributed by atoms with Crippen molar-refractivity contribution < 1.29 is 19.0 Å². The molecule has 1 atom stereocenters. The van der Waals surface area contributed by atoms with Crippen molar-refractivity contribution in [3.63, 3.8) is 0 Å². The molecule has 0 aliphatic carbocycles. The summed E-state index contributed by atoms with van der Waals surface area (Å²) in [6, 6.07) is 14.5. The Balaban J connectivity index is 1.77.